The van der Waals surface area contributed by atoms with Crippen LogP contribution in [-0.4, -0.2) is 24.9 Å². The molecule has 26 heavy (non-hydrogen) atoms. The van der Waals surface area contributed by atoms with Gasteiger partial charge in [0.05, 0.1) is 12.8 Å². The van der Waals surface area contributed by atoms with Gasteiger partial charge in [0.25, 0.3) is 11.8 Å². The lowest BCUT2D eigenvalue weighted by Gasteiger charge is -2.14. The molecule has 0 aromatic heterocycles. The topological polar surface area (TPSA) is 84.9 Å². The average Bonchev–Trinajstić information content (AvgIpc) is 2.91. The molecule has 0 spiro atoms. The third-order valence-electron chi connectivity index (χ3n) is 3.68. The van der Waals surface area contributed by atoms with Gasteiger partial charge in [-0.3, -0.25) is 19.8 Å². The van der Waals surface area contributed by atoms with Crippen LogP contribution < -0.4 is 19.9 Å². The molecular formula is C19H16N2O5. The average molecular weight is 352 g/mol. The molecule has 2 aromatic rings. The quantitative estimate of drug-likeness (QED) is 0.394. The van der Waals surface area contributed by atoms with E-state index in [1.807, 2.05) is 6.07 Å². The molecular weight excluding hydrogens is 336 g/mol. The van der Waals surface area contributed by atoms with Gasteiger partial charge in [-0.2, -0.15) is 0 Å². The van der Waals surface area contributed by atoms with Crippen LogP contribution >= 0.6 is 0 Å². The first kappa shape index (κ1) is 17.2. The number of nitrogens with one attached hydrogen (secondary N) is 1. The normalized spacial score (nSPS) is 15.2. The number of benzene rings is 2. The maximum absolute atomic E-state index is 12.6. The van der Waals surface area contributed by atoms with Crippen LogP contribution in [0.3, 0.4) is 0 Å². The Bertz CT molecular complexity index is 905. The summed E-state index contributed by atoms with van der Waals surface area (Å²) < 4.78 is 10.4. The van der Waals surface area contributed by atoms with Crippen molar-refractivity contribution in [2.45, 2.75) is 6.92 Å². The van der Waals surface area contributed by atoms with Crippen molar-refractivity contribution >= 4 is 29.5 Å². The Morgan fingerprint density at radius 3 is 2.46 bits per heavy atom. The number of hydrazine groups is 1. The summed E-state index contributed by atoms with van der Waals surface area (Å²) in [5.41, 5.74) is 3.37. The Kier molecular flexibility index (Phi) is 4.70. The fourth-order valence-electron chi connectivity index (χ4n) is 2.53. The molecule has 1 heterocycles. The summed E-state index contributed by atoms with van der Waals surface area (Å²) in [5, 5.41) is 1.17. The minimum atomic E-state index is -0.546. The van der Waals surface area contributed by atoms with Crippen LogP contribution in [0.25, 0.3) is 6.08 Å². The molecule has 0 atom stereocenters. The molecule has 0 bridgehead atoms. The molecule has 1 aliphatic heterocycles. The van der Waals surface area contributed by atoms with Crippen LogP contribution in [0, 0.1) is 0 Å². The van der Waals surface area contributed by atoms with Crippen LogP contribution in [0.15, 0.2) is 54.1 Å². The number of carbonyl (C=O) groups is 3. The molecule has 0 aliphatic carbocycles. The number of esters is 1. The highest BCUT2D eigenvalue weighted by Gasteiger charge is 2.34. The predicted octanol–water partition coefficient (Wildman–Crippen LogP) is 2.08. The van der Waals surface area contributed by atoms with E-state index in [1.54, 1.807) is 42.5 Å². The molecule has 7 heteroatoms. The Labute approximate surface area is 149 Å². The molecule has 132 valence electrons. The van der Waals surface area contributed by atoms with Crippen LogP contribution in [0.1, 0.15) is 12.5 Å². The second-order valence-electron chi connectivity index (χ2n) is 5.45. The van der Waals surface area contributed by atoms with Crippen molar-refractivity contribution in [3.05, 3.63) is 59.7 Å². The lowest BCUT2D eigenvalue weighted by Crippen LogP contribution is -2.35. The monoisotopic (exact) mass is 352 g/mol. The standard InChI is InChI=1S/C19H16N2O5/c1-12(22)26-17-13(7-6-10-16(17)25-2)11-15-18(23)20-21(19(15)24)14-8-4-3-5-9-14/h3-11H,1-2H3,(H,20,23)/b15-11+. The zero-order chi connectivity index (χ0) is 18.7. The van der Waals surface area contributed by atoms with Gasteiger partial charge in [-0.25, -0.2) is 5.01 Å². The Morgan fingerprint density at radius 1 is 1.08 bits per heavy atom. The maximum atomic E-state index is 12.6. The van der Waals surface area contributed by atoms with E-state index in [9.17, 15) is 14.4 Å². The number of nitrogens with zero attached hydrogens (tertiary/aromatic N) is 1. The number of hydrogen-bond donors (Lipinski definition) is 1. The van der Waals surface area contributed by atoms with Gasteiger partial charge in [-0.05, 0) is 24.3 Å². The highest BCUT2D eigenvalue weighted by atomic mass is 16.6. The molecule has 3 rings (SSSR count). The molecule has 2 aromatic carbocycles. The van der Waals surface area contributed by atoms with E-state index in [-0.39, 0.29) is 11.3 Å². The lowest BCUT2D eigenvalue weighted by atomic mass is 10.1. The smallest absolute Gasteiger partial charge is 0.308 e. The lowest BCUT2D eigenvalue weighted by molar-refractivity contribution is -0.132. The predicted molar refractivity (Wildman–Crippen MR) is 94.4 cm³/mol. The van der Waals surface area contributed by atoms with Crippen molar-refractivity contribution < 1.29 is 23.9 Å². The summed E-state index contributed by atoms with van der Waals surface area (Å²) >= 11 is 0. The minimum Gasteiger partial charge on any atom is -0.493 e. The highest BCUT2D eigenvalue weighted by Crippen LogP contribution is 2.33. The third-order valence-corrected chi connectivity index (χ3v) is 3.68. The zero-order valence-corrected chi connectivity index (χ0v) is 14.2. The SMILES string of the molecule is COc1cccc(/C=C2\C(=O)NN(c3ccccc3)C2=O)c1OC(C)=O. The molecule has 0 radical (unpaired) electrons. The zero-order valence-electron chi connectivity index (χ0n) is 14.2. The molecule has 7 nitrogen and oxygen atoms in total. The van der Waals surface area contributed by atoms with E-state index in [2.05, 4.69) is 5.43 Å². The molecule has 1 fully saturated rings. The number of hydrogen-bond acceptors (Lipinski definition) is 5. The second-order valence-corrected chi connectivity index (χ2v) is 5.45. The van der Waals surface area contributed by atoms with E-state index in [0.717, 1.165) is 0 Å². The van der Waals surface area contributed by atoms with Crippen molar-refractivity contribution in [3.8, 4) is 11.5 Å². The summed E-state index contributed by atoms with van der Waals surface area (Å²) in [6, 6.07) is 13.7. The van der Waals surface area contributed by atoms with Crippen molar-refractivity contribution in [2.75, 3.05) is 12.1 Å². The summed E-state index contributed by atoms with van der Waals surface area (Å²) in [7, 11) is 1.43. The number of para-hydroxylation sites is 2. The van der Waals surface area contributed by atoms with Gasteiger partial charge in [0.15, 0.2) is 11.5 Å². The number of ether oxygens (including phenoxy) is 2. The van der Waals surface area contributed by atoms with E-state index < -0.39 is 17.8 Å². The van der Waals surface area contributed by atoms with Gasteiger partial charge in [0.1, 0.15) is 5.57 Å². The number of anilines is 1. The largest absolute Gasteiger partial charge is 0.493 e. The fourth-order valence-corrected chi connectivity index (χ4v) is 2.53. The van der Waals surface area contributed by atoms with Crippen molar-refractivity contribution in [3.63, 3.8) is 0 Å². The van der Waals surface area contributed by atoms with Gasteiger partial charge in [-0.15, -0.1) is 0 Å². The first-order valence-electron chi connectivity index (χ1n) is 7.79. The summed E-state index contributed by atoms with van der Waals surface area (Å²) in [5.74, 6) is -1.12. The highest BCUT2D eigenvalue weighted by molar-refractivity contribution is 6.31. The van der Waals surface area contributed by atoms with Crippen molar-refractivity contribution in [2.24, 2.45) is 0 Å². The second kappa shape index (κ2) is 7.10. The third kappa shape index (κ3) is 3.27. The number of amides is 2. The Balaban J connectivity index is 2.01. The van der Waals surface area contributed by atoms with Gasteiger partial charge >= 0.3 is 5.97 Å². The van der Waals surface area contributed by atoms with Gasteiger partial charge in [0, 0.05) is 12.5 Å². The molecule has 2 amide bonds. The van der Waals surface area contributed by atoms with Crippen molar-refractivity contribution in [1.82, 2.24) is 5.43 Å². The molecule has 0 saturated carbocycles. The fraction of sp³-hybridized carbons (Fsp3) is 0.105. The minimum absolute atomic E-state index is 0.0736. The van der Waals surface area contributed by atoms with Crippen molar-refractivity contribution in [1.29, 1.82) is 0 Å². The number of carbonyl (C=O) groups excluding carboxylic acids is 3. The van der Waals surface area contributed by atoms with E-state index in [1.165, 1.54) is 25.1 Å². The molecule has 1 aliphatic rings. The van der Waals surface area contributed by atoms with Gasteiger partial charge < -0.3 is 9.47 Å². The van der Waals surface area contributed by atoms with Gasteiger partial charge in [-0.1, -0.05) is 30.3 Å². The molecule has 1 N–H and O–H groups in total. The van der Waals surface area contributed by atoms with E-state index >= 15 is 0 Å². The molecule has 1 saturated heterocycles. The Hall–Kier alpha value is -3.61. The van der Waals surface area contributed by atoms with Crippen LogP contribution in [0.4, 0.5) is 5.69 Å². The molecule has 0 unspecified atom stereocenters. The van der Waals surface area contributed by atoms with E-state index in [4.69, 9.17) is 9.47 Å². The summed E-state index contributed by atoms with van der Waals surface area (Å²) in [6.07, 6.45) is 1.38. The van der Waals surface area contributed by atoms with Crippen LogP contribution in [-0.2, 0) is 14.4 Å². The number of rotatable bonds is 4. The first-order valence-corrected chi connectivity index (χ1v) is 7.79. The maximum Gasteiger partial charge on any atom is 0.308 e. The van der Waals surface area contributed by atoms with Gasteiger partial charge in [0.2, 0.25) is 0 Å². The van der Waals surface area contributed by atoms with Crippen LogP contribution in [0.2, 0.25) is 0 Å². The number of methoxy groups -OCH3 is 1. The summed E-state index contributed by atoms with van der Waals surface area (Å²) in [4.78, 5) is 36.3. The van der Waals surface area contributed by atoms with E-state index in [0.29, 0.717) is 17.0 Å². The first-order chi connectivity index (χ1) is 12.5. The summed E-state index contributed by atoms with van der Waals surface area (Å²) in [6.45, 7) is 1.26. The Morgan fingerprint density at radius 2 is 1.81 bits per heavy atom. The van der Waals surface area contributed by atoms with Crippen LogP contribution in [0.5, 0.6) is 11.5 Å².